The van der Waals surface area contributed by atoms with Crippen LogP contribution in [-0.4, -0.2) is 54.1 Å². The normalized spacial score (nSPS) is 12.0. The zero-order valence-corrected chi connectivity index (χ0v) is 19.7. The minimum atomic E-state index is -0.913. The predicted octanol–water partition coefficient (Wildman–Crippen LogP) is 3.53. The lowest BCUT2D eigenvalue weighted by Crippen LogP contribution is -2.41. The lowest BCUT2D eigenvalue weighted by Gasteiger charge is -2.22. The second kappa shape index (κ2) is 14.4. The Hall–Kier alpha value is -1.61. The molecular weight excluding hydrogens is 485 g/mol. The minimum Gasteiger partial charge on any atom is -0.492 e. The summed E-state index contributed by atoms with van der Waals surface area (Å²) in [6, 6.07) is 19.7. The molecule has 1 atom stereocenters. The number of para-hydroxylation sites is 1. The van der Waals surface area contributed by atoms with E-state index in [0.717, 1.165) is 23.8 Å². The molecule has 7 heteroatoms. The second-order valence-electron chi connectivity index (χ2n) is 6.09. The van der Waals surface area contributed by atoms with E-state index in [4.69, 9.17) is 4.74 Å². The van der Waals surface area contributed by atoms with Crippen molar-refractivity contribution in [1.82, 2.24) is 10.2 Å². The van der Waals surface area contributed by atoms with Crippen LogP contribution in [0.4, 0.5) is 0 Å². The first kappa shape index (κ1) is 24.4. The van der Waals surface area contributed by atoms with E-state index in [-0.39, 0.29) is 24.0 Å². The largest absolute Gasteiger partial charge is 0.492 e. The summed E-state index contributed by atoms with van der Waals surface area (Å²) in [6.07, 6.45) is 0. The monoisotopic (exact) mass is 515 g/mol. The lowest BCUT2D eigenvalue weighted by molar-refractivity contribution is 0.281. The van der Waals surface area contributed by atoms with Gasteiger partial charge in [0, 0.05) is 35.9 Å². The summed E-state index contributed by atoms with van der Waals surface area (Å²) in [5.41, 5.74) is 1.10. The Labute approximate surface area is 188 Å². The molecule has 0 aromatic heterocycles. The zero-order chi connectivity index (χ0) is 19.3. The van der Waals surface area contributed by atoms with E-state index in [9.17, 15) is 4.21 Å². The van der Waals surface area contributed by atoms with Gasteiger partial charge in [0.2, 0.25) is 0 Å². The van der Waals surface area contributed by atoms with Crippen molar-refractivity contribution in [1.29, 1.82) is 0 Å². The Morgan fingerprint density at radius 1 is 1.11 bits per heavy atom. The van der Waals surface area contributed by atoms with E-state index in [0.29, 0.717) is 31.2 Å². The highest BCUT2D eigenvalue weighted by Crippen LogP contribution is 2.08. The quantitative estimate of drug-likeness (QED) is 0.299. The molecule has 0 aliphatic heterocycles. The van der Waals surface area contributed by atoms with Crippen molar-refractivity contribution in [2.45, 2.75) is 12.7 Å². The number of guanidine groups is 1. The van der Waals surface area contributed by atoms with Crippen molar-refractivity contribution in [3.8, 4) is 5.75 Å². The highest BCUT2D eigenvalue weighted by molar-refractivity contribution is 14.0. The first-order chi connectivity index (χ1) is 13.2. The first-order valence-electron chi connectivity index (χ1n) is 9.25. The van der Waals surface area contributed by atoms with Gasteiger partial charge in [0.15, 0.2) is 5.96 Å². The van der Waals surface area contributed by atoms with Gasteiger partial charge < -0.3 is 15.0 Å². The van der Waals surface area contributed by atoms with E-state index < -0.39 is 10.8 Å². The van der Waals surface area contributed by atoms with E-state index in [1.165, 1.54) is 0 Å². The topological polar surface area (TPSA) is 53.9 Å². The number of hydrogen-bond donors (Lipinski definition) is 1. The SMILES string of the molecule is CCNC(=NCCS(=O)Cc1ccccc1)N(C)CCOc1ccccc1.I. The van der Waals surface area contributed by atoms with Gasteiger partial charge in [-0.3, -0.25) is 9.20 Å². The highest BCUT2D eigenvalue weighted by atomic mass is 127. The number of benzene rings is 2. The number of rotatable bonds is 10. The second-order valence-corrected chi connectivity index (χ2v) is 7.67. The standard InChI is InChI=1S/C21H29N3O2S.HI/c1-3-22-21(24(2)15-16-26-20-12-8-5-9-13-20)23-14-17-27(25)18-19-10-6-4-7-11-19;/h4-13H,3,14-18H2,1-2H3,(H,22,23);1H. The number of ether oxygens (including phenoxy) is 1. The van der Waals surface area contributed by atoms with Crippen LogP contribution in [0.5, 0.6) is 5.75 Å². The van der Waals surface area contributed by atoms with Crippen LogP contribution >= 0.6 is 24.0 Å². The summed E-state index contributed by atoms with van der Waals surface area (Å²) < 4.78 is 18.0. The molecule has 0 bridgehead atoms. The van der Waals surface area contributed by atoms with Crippen molar-refractivity contribution in [3.05, 3.63) is 66.2 Å². The Balaban J connectivity index is 0.00000392. The van der Waals surface area contributed by atoms with Crippen LogP contribution in [0.25, 0.3) is 0 Å². The maximum atomic E-state index is 12.2. The summed E-state index contributed by atoms with van der Waals surface area (Å²) >= 11 is 0. The third-order valence-corrected chi connectivity index (χ3v) is 5.18. The highest BCUT2D eigenvalue weighted by Gasteiger charge is 2.07. The van der Waals surface area contributed by atoms with Gasteiger partial charge in [-0.25, -0.2) is 0 Å². The number of likely N-dealkylation sites (N-methyl/N-ethyl adjacent to an activating group) is 1. The van der Waals surface area contributed by atoms with Crippen molar-refractivity contribution in [2.24, 2.45) is 4.99 Å². The van der Waals surface area contributed by atoms with E-state index >= 15 is 0 Å². The Morgan fingerprint density at radius 2 is 1.75 bits per heavy atom. The van der Waals surface area contributed by atoms with Crippen LogP contribution in [0.2, 0.25) is 0 Å². The van der Waals surface area contributed by atoms with Crippen LogP contribution in [0.3, 0.4) is 0 Å². The third-order valence-electron chi connectivity index (χ3n) is 3.89. The molecule has 0 aliphatic carbocycles. The fourth-order valence-corrected chi connectivity index (χ4v) is 3.48. The maximum Gasteiger partial charge on any atom is 0.193 e. The third kappa shape index (κ3) is 9.54. The van der Waals surface area contributed by atoms with Gasteiger partial charge in [-0.05, 0) is 24.6 Å². The van der Waals surface area contributed by atoms with Crippen molar-refractivity contribution in [2.75, 3.05) is 39.0 Å². The summed E-state index contributed by atoms with van der Waals surface area (Å²) in [6.45, 7) is 4.65. The smallest absolute Gasteiger partial charge is 0.193 e. The van der Waals surface area contributed by atoms with E-state index in [1.54, 1.807) is 0 Å². The van der Waals surface area contributed by atoms with Crippen molar-refractivity contribution < 1.29 is 8.95 Å². The molecule has 0 saturated carbocycles. The maximum absolute atomic E-state index is 12.2. The summed E-state index contributed by atoms with van der Waals surface area (Å²) in [5, 5.41) is 3.28. The van der Waals surface area contributed by atoms with Crippen LogP contribution in [0.15, 0.2) is 65.7 Å². The van der Waals surface area contributed by atoms with Crippen LogP contribution in [0, 0.1) is 0 Å². The van der Waals surface area contributed by atoms with Crippen molar-refractivity contribution >= 4 is 40.7 Å². The molecule has 154 valence electrons. The van der Waals surface area contributed by atoms with Gasteiger partial charge in [-0.1, -0.05) is 48.5 Å². The summed E-state index contributed by atoms with van der Waals surface area (Å²) in [5.74, 6) is 2.81. The summed E-state index contributed by atoms with van der Waals surface area (Å²) in [7, 11) is 1.07. The Bertz CT molecular complexity index is 714. The minimum absolute atomic E-state index is 0. The molecule has 1 N–H and O–H groups in total. The van der Waals surface area contributed by atoms with Crippen LogP contribution < -0.4 is 10.1 Å². The molecule has 0 radical (unpaired) electrons. The first-order valence-corrected chi connectivity index (χ1v) is 10.7. The van der Waals surface area contributed by atoms with Gasteiger partial charge in [-0.2, -0.15) is 0 Å². The lowest BCUT2D eigenvalue weighted by atomic mass is 10.2. The van der Waals surface area contributed by atoms with Gasteiger partial charge in [0.25, 0.3) is 0 Å². The molecule has 28 heavy (non-hydrogen) atoms. The number of hydrogen-bond acceptors (Lipinski definition) is 3. The number of nitrogens with zero attached hydrogens (tertiary/aromatic N) is 2. The van der Waals surface area contributed by atoms with Crippen LogP contribution in [-0.2, 0) is 16.6 Å². The molecule has 0 amide bonds. The fraction of sp³-hybridized carbons (Fsp3) is 0.381. The average Bonchev–Trinajstić information content (AvgIpc) is 2.69. The number of aliphatic imine (C=N–C) groups is 1. The van der Waals surface area contributed by atoms with E-state index in [1.807, 2.05) is 79.5 Å². The van der Waals surface area contributed by atoms with Crippen LogP contribution in [0.1, 0.15) is 12.5 Å². The predicted molar refractivity (Wildman–Crippen MR) is 129 cm³/mol. The van der Waals surface area contributed by atoms with Gasteiger partial charge in [0.05, 0.1) is 13.1 Å². The molecule has 2 rings (SSSR count). The Kier molecular flexibility index (Phi) is 12.6. The molecule has 2 aromatic rings. The Morgan fingerprint density at radius 3 is 2.39 bits per heavy atom. The molecule has 0 spiro atoms. The zero-order valence-electron chi connectivity index (χ0n) is 16.5. The van der Waals surface area contributed by atoms with Gasteiger partial charge in [-0.15, -0.1) is 24.0 Å². The average molecular weight is 515 g/mol. The fourth-order valence-electron chi connectivity index (χ4n) is 2.48. The van der Waals surface area contributed by atoms with Gasteiger partial charge in [0.1, 0.15) is 12.4 Å². The molecule has 2 aromatic carbocycles. The molecule has 0 aliphatic rings. The summed E-state index contributed by atoms with van der Waals surface area (Å²) in [4.78, 5) is 6.64. The molecule has 5 nitrogen and oxygen atoms in total. The molecular formula is C21H30IN3O2S. The molecule has 0 saturated heterocycles. The van der Waals surface area contributed by atoms with E-state index in [2.05, 4.69) is 10.3 Å². The molecule has 0 heterocycles. The number of halogens is 1. The van der Waals surface area contributed by atoms with Crippen molar-refractivity contribution in [3.63, 3.8) is 0 Å². The molecule has 1 unspecified atom stereocenters. The van der Waals surface area contributed by atoms with Gasteiger partial charge >= 0.3 is 0 Å². The molecule has 0 fully saturated rings. The number of nitrogens with one attached hydrogen (secondary N) is 1.